The quantitative estimate of drug-likeness (QED) is 0.672. The molecule has 6 heteroatoms. The molecule has 2 heterocycles. The third-order valence-corrected chi connectivity index (χ3v) is 5.31. The highest BCUT2D eigenvalue weighted by Gasteiger charge is 2.25. The summed E-state index contributed by atoms with van der Waals surface area (Å²) < 4.78 is 7.23. The van der Waals surface area contributed by atoms with Gasteiger partial charge in [-0.1, -0.05) is 42.5 Å². The Hall–Kier alpha value is -3.12. The summed E-state index contributed by atoms with van der Waals surface area (Å²) in [5.74, 6) is 0.785. The molecule has 4 rings (SSSR count). The van der Waals surface area contributed by atoms with Gasteiger partial charge in [0.15, 0.2) is 0 Å². The van der Waals surface area contributed by atoms with Crippen LogP contribution in [0.4, 0.5) is 0 Å². The molecule has 0 N–H and O–H groups in total. The number of amides is 1. The van der Waals surface area contributed by atoms with E-state index in [0.29, 0.717) is 17.8 Å². The van der Waals surface area contributed by atoms with E-state index >= 15 is 0 Å². The molecule has 1 amide bonds. The van der Waals surface area contributed by atoms with Crippen molar-refractivity contribution in [3.8, 4) is 17.0 Å². The van der Waals surface area contributed by atoms with Gasteiger partial charge < -0.3 is 14.5 Å². The summed E-state index contributed by atoms with van der Waals surface area (Å²) in [5.41, 5.74) is 3.36. The Labute approximate surface area is 171 Å². The van der Waals surface area contributed by atoms with E-state index in [1.54, 1.807) is 7.11 Å². The molecule has 0 saturated carbocycles. The molecule has 0 unspecified atom stereocenters. The van der Waals surface area contributed by atoms with Gasteiger partial charge in [-0.05, 0) is 24.7 Å². The number of methoxy groups -OCH3 is 1. The Morgan fingerprint density at radius 2 is 1.79 bits per heavy atom. The van der Waals surface area contributed by atoms with Gasteiger partial charge in [0, 0.05) is 37.9 Å². The van der Waals surface area contributed by atoms with E-state index in [0.717, 1.165) is 43.1 Å². The second-order valence-corrected chi connectivity index (χ2v) is 7.40. The zero-order chi connectivity index (χ0) is 20.2. The highest BCUT2D eigenvalue weighted by Crippen LogP contribution is 2.27. The fourth-order valence-corrected chi connectivity index (χ4v) is 3.59. The summed E-state index contributed by atoms with van der Waals surface area (Å²) in [5, 5.41) is 4.79. The molecular weight excluding hydrogens is 364 g/mol. The Bertz CT molecular complexity index is 976. The van der Waals surface area contributed by atoms with Crippen molar-refractivity contribution in [1.29, 1.82) is 0 Å². The molecule has 3 aromatic rings. The number of ether oxygens (including phenoxy) is 1. The van der Waals surface area contributed by atoms with Crippen molar-refractivity contribution in [3.63, 3.8) is 0 Å². The van der Waals surface area contributed by atoms with Crippen LogP contribution in [0.1, 0.15) is 15.9 Å². The SMILES string of the molecule is COc1cccc(-c2nn(Cc3ccccc3)cc2C(=O)N2CCN(C)CC2)c1. The number of hydrogen-bond donors (Lipinski definition) is 0. The lowest BCUT2D eigenvalue weighted by Crippen LogP contribution is -2.47. The maximum Gasteiger partial charge on any atom is 0.257 e. The highest BCUT2D eigenvalue weighted by atomic mass is 16.5. The second-order valence-electron chi connectivity index (χ2n) is 7.40. The molecule has 0 bridgehead atoms. The number of carbonyl (C=O) groups excluding carboxylic acids is 1. The Kier molecular flexibility index (Phi) is 5.62. The van der Waals surface area contributed by atoms with Crippen LogP contribution in [0.3, 0.4) is 0 Å². The van der Waals surface area contributed by atoms with Crippen LogP contribution in [0, 0.1) is 0 Å². The minimum absolute atomic E-state index is 0.0373. The number of benzene rings is 2. The van der Waals surface area contributed by atoms with Crippen LogP contribution in [0.25, 0.3) is 11.3 Å². The fourth-order valence-electron chi connectivity index (χ4n) is 3.59. The van der Waals surface area contributed by atoms with Crippen LogP contribution >= 0.6 is 0 Å². The van der Waals surface area contributed by atoms with Crippen molar-refractivity contribution >= 4 is 5.91 Å². The third kappa shape index (κ3) is 4.32. The van der Waals surface area contributed by atoms with Crippen LogP contribution in [0.5, 0.6) is 5.75 Å². The van der Waals surface area contributed by atoms with Crippen molar-refractivity contribution in [2.24, 2.45) is 0 Å². The van der Waals surface area contributed by atoms with Crippen molar-refractivity contribution in [3.05, 3.63) is 71.9 Å². The predicted octanol–water partition coefficient (Wildman–Crippen LogP) is 2.99. The highest BCUT2D eigenvalue weighted by molar-refractivity contribution is 6.00. The van der Waals surface area contributed by atoms with Gasteiger partial charge in [-0.25, -0.2) is 0 Å². The smallest absolute Gasteiger partial charge is 0.257 e. The minimum Gasteiger partial charge on any atom is -0.497 e. The molecule has 6 nitrogen and oxygen atoms in total. The third-order valence-electron chi connectivity index (χ3n) is 5.31. The van der Waals surface area contributed by atoms with Gasteiger partial charge in [-0.2, -0.15) is 5.10 Å². The molecule has 0 aliphatic carbocycles. The van der Waals surface area contributed by atoms with Crippen LogP contribution in [-0.4, -0.2) is 65.8 Å². The van der Waals surface area contributed by atoms with E-state index in [-0.39, 0.29) is 5.91 Å². The number of hydrogen-bond acceptors (Lipinski definition) is 4. The second kappa shape index (κ2) is 8.49. The summed E-state index contributed by atoms with van der Waals surface area (Å²) in [6, 6.07) is 17.9. The normalized spacial score (nSPS) is 14.8. The van der Waals surface area contributed by atoms with E-state index in [1.807, 2.05) is 58.2 Å². The number of piperazine rings is 1. The fraction of sp³-hybridized carbons (Fsp3) is 0.304. The van der Waals surface area contributed by atoms with Gasteiger partial charge >= 0.3 is 0 Å². The van der Waals surface area contributed by atoms with E-state index in [1.165, 1.54) is 0 Å². The molecule has 0 atom stereocenters. The summed E-state index contributed by atoms with van der Waals surface area (Å²) >= 11 is 0. The first-order valence-electron chi connectivity index (χ1n) is 9.87. The van der Waals surface area contributed by atoms with Crippen molar-refractivity contribution < 1.29 is 9.53 Å². The zero-order valence-corrected chi connectivity index (χ0v) is 16.9. The summed E-state index contributed by atoms with van der Waals surface area (Å²) in [6.07, 6.45) is 1.88. The topological polar surface area (TPSA) is 50.6 Å². The summed E-state index contributed by atoms with van der Waals surface area (Å²) in [4.78, 5) is 17.5. The molecule has 0 radical (unpaired) electrons. The van der Waals surface area contributed by atoms with Gasteiger partial charge in [0.1, 0.15) is 11.4 Å². The number of likely N-dealkylation sites (N-methyl/N-ethyl adjacent to an activating group) is 1. The van der Waals surface area contributed by atoms with Gasteiger partial charge in [-0.3, -0.25) is 9.48 Å². The van der Waals surface area contributed by atoms with Crippen LogP contribution < -0.4 is 4.74 Å². The summed E-state index contributed by atoms with van der Waals surface area (Å²) in [7, 11) is 3.73. The maximum atomic E-state index is 13.3. The summed E-state index contributed by atoms with van der Waals surface area (Å²) in [6.45, 7) is 3.86. The minimum atomic E-state index is 0.0373. The van der Waals surface area contributed by atoms with Crippen molar-refractivity contribution in [1.82, 2.24) is 19.6 Å². The van der Waals surface area contributed by atoms with Crippen LogP contribution in [0.2, 0.25) is 0 Å². The molecule has 1 fully saturated rings. The number of nitrogens with zero attached hydrogens (tertiary/aromatic N) is 4. The maximum absolute atomic E-state index is 13.3. The molecule has 1 saturated heterocycles. The van der Waals surface area contributed by atoms with E-state index in [2.05, 4.69) is 24.1 Å². The van der Waals surface area contributed by atoms with Gasteiger partial charge in [0.2, 0.25) is 0 Å². The lowest BCUT2D eigenvalue weighted by Gasteiger charge is -2.32. The van der Waals surface area contributed by atoms with Gasteiger partial charge in [-0.15, -0.1) is 0 Å². The molecule has 150 valence electrons. The largest absolute Gasteiger partial charge is 0.497 e. The Morgan fingerprint density at radius 3 is 2.52 bits per heavy atom. The number of carbonyl (C=O) groups is 1. The van der Waals surface area contributed by atoms with E-state index in [9.17, 15) is 4.79 Å². The predicted molar refractivity (Wildman–Crippen MR) is 113 cm³/mol. The van der Waals surface area contributed by atoms with Crippen LogP contribution in [0.15, 0.2) is 60.8 Å². The molecule has 1 aliphatic heterocycles. The van der Waals surface area contributed by atoms with Crippen molar-refractivity contribution in [2.75, 3.05) is 40.3 Å². The Morgan fingerprint density at radius 1 is 1.03 bits per heavy atom. The number of aromatic nitrogens is 2. The van der Waals surface area contributed by atoms with Crippen LogP contribution in [-0.2, 0) is 6.54 Å². The lowest BCUT2D eigenvalue weighted by atomic mass is 10.1. The average Bonchev–Trinajstić information content (AvgIpc) is 3.18. The molecule has 1 aliphatic rings. The number of rotatable bonds is 5. The van der Waals surface area contributed by atoms with E-state index in [4.69, 9.17) is 9.84 Å². The van der Waals surface area contributed by atoms with Crippen molar-refractivity contribution in [2.45, 2.75) is 6.54 Å². The standard InChI is InChI=1S/C23H26N4O2/c1-25-11-13-26(14-12-25)23(28)21-17-27(16-18-7-4-3-5-8-18)24-22(21)19-9-6-10-20(15-19)29-2/h3-10,15,17H,11-14,16H2,1-2H3. The monoisotopic (exact) mass is 390 g/mol. The van der Waals surface area contributed by atoms with Gasteiger partial charge in [0.05, 0.1) is 19.2 Å². The first kappa shape index (κ1) is 19.2. The van der Waals surface area contributed by atoms with Gasteiger partial charge in [0.25, 0.3) is 5.91 Å². The molecule has 0 spiro atoms. The molecule has 1 aromatic heterocycles. The molecule has 29 heavy (non-hydrogen) atoms. The molecule has 2 aromatic carbocycles. The first-order valence-corrected chi connectivity index (χ1v) is 9.87. The zero-order valence-electron chi connectivity index (χ0n) is 16.9. The Balaban J connectivity index is 1.70. The lowest BCUT2D eigenvalue weighted by molar-refractivity contribution is 0.0664. The first-order chi connectivity index (χ1) is 14.1. The van der Waals surface area contributed by atoms with E-state index < -0.39 is 0 Å². The molecular formula is C23H26N4O2. The average molecular weight is 390 g/mol.